The van der Waals surface area contributed by atoms with Gasteiger partial charge >= 0.3 is 0 Å². The lowest BCUT2D eigenvalue weighted by atomic mass is 9.98. The Bertz CT molecular complexity index is 622. The molecular formula is C16H16BrNO2. The van der Waals surface area contributed by atoms with Crippen molar-refractivity contribution in [1.29, 1.82) is 0 Å². The van der Waals surface area contributed by atoms with Crippen molar-refractivity contribution in [1.82, 2.24) is 0 Å². The molecule has 1 heterocycles. The van der Waals surface area contributed by atoms with Gasteiger partial charge in [-0.3, -0.25) is 0 Å². The van der Waals surface area contributed by atoms with E-state index in [1.807, 2.05) is 18.2 Å². The minimum Gasteiger partial charge on any atom is -0.486 e. The smallest absolute Gasteiger partial charge is 0.161 e. The largest absolute Gasteiger partial charge is 0.486 e. The number of hydrogen-bond acceptors (Lipinski definition) is 3. The van der Waals surface area contributed by atoms with Crippen LogP contribution in [0.15, 0.2) is 40.9 Å². The van der Waals surface area contributed by atoms with E-state index in [4.69, 9.17) is 15.2 Å². The molecule has 1 aliphatic heterocycles. The summed E-state index contributed by atoms with van der Waals surface area (Å²) in [6, 6.07) is 11.9. The Balaban J connectivity index is 1.95. The summed E-state index contributed by atoms with van der Waals surface area (Å²) in [5, 5.41) is 0. The van der Waals surface area contributed by atoms with Gasteiger partial charge in [0.2, 0.25) is 0 Å². The number of halogens is 1. The third-order valence-electron chi connectivity index (χ3n) is 3.35. The van der Waals surface area contributed by atoms with Crippen LogP contribution in [0, 0.1) is 6.92 Å². The highest BCUT2D eigenvalue weighted by Crippen LogP contribution is 2.34. The molecule has 3 nitrogen and oxygen atoms in total. The van der Waals surface area contributed by atoms with Gasteiger partial charge in [0.1, 0.15) is 13.2 Å². The lowest BCUT2D eigenvalue weighted by Gasteiger charge is -2.21. The predicted molar refractivity (Wildman–Crippen MR) is 82.3 cm³/mol. The molecule has 0 aromatic heterocycles. The fourth-order valence-corrected chi connectivity index (χ4v) is 3.02. The Morgan fingerprint density at radius 1 is 1.00 bits per heavy atom. The van der Waals surface area contributed by atoms with E-state index >= 15 is 0 Å². The molecule has 3 rings (SSSR count). The number of fused-ring (bicyclic) bond motifs is 1. The lowest BCUT2D eigenvalue weighted by Crippen LogP contribution is -2.17. The molecule has 0 aliphatic carbocycles. The van der Waals surface area contributed by atoms with Crippen LogP contribution in [0.1, 0.15) is 22.7 Å². The van der Waals surface area contributed by atoms with Crippen molar-refractivity contribution < 1.29 is 9.47 Å². The summed E-state index contributed by atoms with van der Waals surface area (Å²) in [6.45, 7) is 3.25. The number of benzene rings is 2. The van der Waals surface area contributed by atoms with Crippen molar-refractivity contribution in [2.75, 3.05) is 13.2 Å². The molecule has 0 saturated carbocycles. The van der Waals surface area contributed by atoms with Gasteiger partial charge in [0.05, 0.1) is 6.04 Å². The van der Waals surface area contributed by atoms with E-state index in [-0.39, 0.29) is 6.04 Å². The summed E-state index contributed by atoms with van der Waals surface area (Å²) in [6.07, 6.45) is 0. The Labute approximate surface area is 126 Å². The van der Waals surface area contributed by atoms with Gasteiger partial charge < -0.3 is 15.2 Å². The summed E-state index contributed by atoms with van der Waals surface area (Å²) >= 11 is 3.51. The molecule has 0 radical (unpaired) electrons. The molecular weight excluding hydrogens is 318 g/mol. The van der Waals surface area contributed by atoms with Crippen molar-refractivity contribution in [3.63, 3.8) is 0 Å². The summed E-state index contributed by atoms with van der Waals surface area (Å²) in [5.41, 5.74) is 9.65. The molecule has 2 aromatic carbocycles. The van der Waals surface area contributed by atoms with Crippen LogP contribution >= 0.6 is 15.9 Å². The molecule has 0 spiro atoms. The van der Waals surface area contributed by atoms with Crippen LogP contribution in [-0.4, -0.2) is 13.2 Å². The van der Waals surface area contributed by atoms with Crippen LogP contribution in [0.5, 0.6) is 11.5 Å². The minimum absolute atomic E-state index is 0.179. The fraction of sp³-hybridized carbons (Fsp3) is 0.250. The Kier molecular flexibility index (Phi) is 3.68. The first-order valence-electron chi connectivity index (χ1n) is 6.56. The summed E-state index contributed by atoms with van der Waals surface area (Å²) in [7, 11) is 0. The van der Waals surface area contributed by atoms with Crippen molar-refractivity contribution in [3.8, 4) is 11.5 Å². The van der Waals surface area contributed by atoms with Gasteiger partial charge in [-0.25, -0.2) is 0 Å². The fourth-order valence-electron chi connectivity index (χ4n) is 2.39. The molecule has 1 aliphatic rings. The van der Waals surface area contributed by atoms with E-state index in [0.29, 0.717) is 13.2 Å². The summed E-state index contributed by atoms with van der Waals surface area (Å²) < 4.78 is 12.2. The van der Waals surface area contributed by atoms with Gasteiger partial charge in [-0.2, -0.15) is 0 Å². The monoisotopic (exact) mass is 333 g/mol. The number of rotatable bonds is 2. The second kappa shape index (κ2) is 5.46. The molecule has 4 heteroatoms. The summed E-state index contributed by atoms with van der Waals surface area (Å²) in [4.78, 5) is 0. The van der Waals surface area contributed by atoms with E-state index in [1.54, 1.807) is 0 Å². The van der Waals surface area contributed by atoms with Crippen molar-refractivity contribution >= 4 is 15.9 Å². The van der Waals surface area contributed by atoms with Crippen LogP contribution in [0.3, 0.4) is 0 Å². The van der Waals surface area contributed by atoms with Crippen molar-refractivity contribution in [3.05, 3.63) is 57.6 Å². The molecule has 20 heavy (non-hydrogen) atoms. The molecule has 2 aromatic rings. The number of ether oxygens (including phenoxy) is 2. The van der Waals surface area contributed by atoms with E-state index in [2.05, 4.69) is 41.1 Å². The van der Waals surface area contributed by atoms with Crippen molar-refractivity contribution in [2.45, 2.75) is 13.0 Å². The third-order valence-corrected chi connectivity index (χ3v) is 3.81. The molecule has 0 saturated heterocycles. The maximum Gasteiger partial charge on any atom is 0.161 e. The van der Waals surface area contributed by atoms with Gasteiger partial charge in [0.25, 0.3) is 0 Å². The Morgan fingerprint density at radius 3 is 2.50 bits per heavy atom. The normalized spacial score (nSPS) is 14.9. The van der Waals surface area contributed by atoms with Crippen LogP contribution in [0.4, 0.5) is 0 Å². The molecule has 0 amide bonds. The van der Waals surface area contributed by atoms with Crippen molar-refractivity contribution in [2.24, 2.45) is 5.73 Å². The second-order valence-corrected chi connectivity index (χ2v) is 5.86. The van der Waals surface area contributed by atoms with E-state index < -0.39 is 0 Å². The number of nitrogens with two attached hydrogens (primary N) is 1. The standard InChI is InChI=1S/C16H16BrNO2/c1-10-6-12(8-13(17)7-10)16(18)11-2-3-14-15(9-11)20-5-4-19-14/h2-3,6-9,16H,4-5,18H2,1H3. The maximum atomic E-state index is 6.37. The van der Waals surface area contributed by atoms with Crippen LogP contribution in [-0.2, 0) is 0 Å². The number of aryl methyl sites for hydroxylation is 1. The van der Waals surface area contributed by atoms with E-state index in [9.17, 15) is 0 Å². The summed E-state index contributed by atoms with van der Waals surface area (Å²) in [5.74, 6) is 1.56. The first kappa shape index (κ1) is 13.5. The number of hydrogen-bond donors (Lipinski definition) is 1. The molecule has 104 valence electrons. The zero-order valence-electron chi connectivity index (χ0n) is 11.2. The topological polar surface area (TPSA) is 44.5 Å². The SMILES string of the molecule is Cc1cc(Br)cc(C(N)c2ccc3c(c2)OCCO3)c1. The Hall–Kier alpha value is -1.52. The van der Waals surface area contributed by atoms with Gasteiger partial charge in [0.15, 0.2) is 11.5 Å². The predicted octanol–water partition coefficient (Wildman–Crippen LogP) is 3.58. The van der Waals surface area contributed by atoms with E-state index in [1.165, 1.54) is 5.56 Å². The maximum absolute atomic E-state index is 6.37. The lowest BCUT2D eigenvalue weighted by molar-refractivity contribution is 0.171. The molecule has 1 atom stereocenters. The highest BCUT2D eigenvalue weighted by Gasteiger charge is 2.16. The van der Waals surface area contributed by atoms with Gasteiger partial charge in [0, 0.05) is 4.47 Å². The quantitative estimate of drug-likeness (QED) is 0.913. The zero-order chi connectivity index (χ0) is 14.1. The van der Waals surface area contributed by atoms with Gasteiger partial charge in [-0.15, -0.1) is 0 Å². The molecule has 2 N–H and O–H groups in total. The minimum atomic E-state index is -0.179. The average Bonchev–Trinajstić information content (AvgIpc) is 2.45. The highest BCUT2D eigenvalue weighted by molar-refractivity contribution is 9.10. The van der Waals surface area contributed by atoms with Gasteiger partial charge in [-0.1, -0.05) is 28.1 Å². The second-order valence-electron chi connectivity index (χ2n) is 4.94. The highest BCUT2D eigenvalue weighted by atomic mass is 79.9. The van der Waals surface area contributed by atoms with Gasteiger partial charge in [-0.05, 0) is 47.9 Å². The molecule has 1 unspecified atom stereocenters. The Morgan fingerprint density at radius 2 is 1.75 bits per heavy atom. The first-order chi connectivity index (χ1) is 9.63. The van der Waals surface area contributed by atoms with E-state index in [0.717, 1.165) is 27.1 Å². The average molecular weight is 334 g/mol. The first-order valence-corrected chi connectivity index (χ1v) is 7.35. The molecule has 0 fully saturated rings. The van der Waals surface area contributed by atoms with Crippen LogP contribution in [0.2, 0.25) is 0 Å². The zero-order valence-corrected chi connectivity index (χ0v) is 12.8. The van der Waals surface area contributed by atoms with Crippen LogP contribution < -0.4 is 15.2 Å². The molecule has 0 bridgehead atoms. The third kappa shape index (κ3) is 2.67. The van der Waals surface area contributed by atoms with Crippen LogP contribution in [0.25, 0.3) is 0 Å².